The predicted molar refractivity (Wildman–Crippen MR) is 100 cm³/mol. The third kappa shape index (κ3) is 3.83. The molecule has 25 heavy (non-hydrogen) atoms. The quantitative estimate of drug-likeness (QED) is 0.781. The largest absolute Gasteiger partial charge is 0.320 e. The molecule has 0 bridgehead atoms. The van der Waals surface area contributed by atoms with Crippen molar-refractivity contribution < 1.29 is 4.79 Å². The summed E-state index contributed by atoms with van der Waals surface area (Å²) in [6, 6.07) is 17.3. The summed E-state index contributed by atoms with van der Waals surface area (Å²) in [6.07, 6.45) is 1.60. The lowest BCUT2D eigenvalue weighted by Gasteiger charge is -2.17. The van der Waals surface area contributed by atoms with Gasteiger partial charge >= 0.3 is 0 Å². The summed E-state index contributed by atoms with van der Waals surface area (Å²) in [5.74, 6) is 0.219. The summed E-state index contributed by atoms with van der Waals surface area (Å²) in [4.78, 5) is 23.0. The number of carbonyl (C=O) groups is 1. The van der Waals surface area contributed by atoms with E-state index in [0.717, 1.165) is 22.5 Å². The number of benzene rings is 2. The van der Waals surface area contributed by atoms with Crippen LogP contribution in [0.2, 0.25) is 0 Å². The highest BCUT2D eigenvalue weighted by Gasteiger charge is 2.13. The summed E-state index contributed by atoms with van der Waals surface area (Å²) in [5, 5.41) is 2.91. The summed E-state index contributed by atoms with van der Waals surface area (Å²) >= 11 is 0. The van der Waals surface area contributed by atoms with Crippen LogP contribution >= 0.6 is 0 Å². The molecule has 0 spiro atoms. The minimum Gasteiger partial charge on any atom is -0.320 e. The number of amides is 1. The molecule has 1 amide bonds. The molecule has 0 saturated heterocycles. The van der Waals surface area contributed by atoms with E-state index in [1.54, 1.807) is 12.3 Å². The van der Waals surface area contributed by atoms with Gasteiger partial charge in [-0.3, -0.25) is 4.79 Å². The molecular weight excluding hydrogens is 312 g/mol. The van der Waals surface area contributed by atoms with Gasteiger partial charge in [-0.05, 0) is 43.7 Å². The molecule has 0 atom stereocenters. The number of nitrogens with zero attached hydrogens (tertiary/aromatic N) is 3. The van der Waals surface area contributed by atoms with E-state index < -0.39 is 0 Å². The van der Waals surface area contributed by atoms with Gasteiger partial charge in [-0.15, -0.1) is 0 Å². The third-order valence-electron chi connectivity index (χ3n) is 3.95. The van der Waals surface area contributed by atoms with Crippen LogP contribution in [0, 0.1) is 13.8 Å². The van der Waals surface area contributed by atoms with Crippen molar-refractivity contribution in [2.24, 2.45) is 0 Å². The first-order valence-electron chi connectivity index (χ1n) is 8.05. The minimum absolute atomic E-state index is 0.253. The zero-order valence-electron chi connectivity index (χ0n) is 14.5. The molecule has 2 aromatic carbocycles. The second kappa shape index (κ2) is 7.13. The molecule has 0 fully saturated rings. The van der Waals surface area contributed by atoms with Crippen molar-refractivity contribution >= 4 is 23.2 Å². The van der Waals surface area contributed by atoms with Crippen molar-refractivity contribution in [2.75, 3.05) is 17.3 Å². The Labute approximate surface area is 147 Å². The number of aryl methyl sites for hydroxylation is 2. The second-order valence-electron chi connectivity index (χ2n) is 5.91. The first-order valence-corrected chi connectivity index (χ1v) is 8.05. The molecule has 1 N–H and O–H groups in total. The van der Waals surface area contributed by atoms with Crippen LogP contribution in [0.15, 0.2) is 60.8 Å². The molecule has 3 aromatic rings. The van der Waals surface area contributed by atoms with Gasteiger partial charge in [0, 0.05) is 24.6 Å². The maximum Gasteiger partial charge on any atom is 0.274 e. The van der Waals surface area contributed by atoms with Crippen LogP contribution in [-0.4, -0.2) is 22.9 Å². The molecule has 1 aromatic heterocycles. The minimum atomic E-state index is -0.253. The van der Waals surface area contributed by atoms with E-state index >= 15 is 0 Å². The fourth-order valence-electron chi connectivity index (χ4n) is 2.54. The molecule has 0 saturated carbocycles. The molecule has 5 heteroatoms. The van der Waals surface area contributed by atoms with E-state index in [1.807, 2.05) is 74.3 Å². The monoisotopic (exact) mass is 332 g/mol. The third-order valence-corrected chi connectivity index (χ3v) is 3.95. The van der Waals surface area contributed by atoms with E-state index in [4.69, 9.17) is 0 Å². The first-order chi connectivity index (χ1) is 12.0. The zero-order valence-corrected chi connectivity index (χ0v) is 14.5. The first kappa shape index (κ1) is 16.6. The van der Waals surface area contributed by atoms with Crippen LogP contribution in [0.4, 0.5) is 17.3 Å². The van der Waals surface area contributed by atoms with Crippen LogP contribution < -0.4 is 10.2 Å². The molecule has 0 aliphatic heterocycles. The summed E-state index contributed by atoms with van der Waals surface area (Å²) in [6.45, 7) is 3.99. The number of aromatic nitrogens is 2. The number of hydrogen-bond acceptors (Lipinski definition) is 4. The van der Waals surface area contributed by atoms with E-state index in [-0.39, 0.29) is 5.91 Å². The summed E-state index contributed by atoms with van der Waals surface area (Å²) < 4.78 is 0. The highest BCUT2D eigenvalue weighted by atomic mass is 16.1. The lowest BCUT2D eigenvalue weighted by Crippen LogP contribution is -2.18. The Morgan fingerprint density at radius 1 is 1.04 bits per heavy atom. The highest BCUT2D eigenvalue weighted by molar-refractivity contribution is 6.03. The van der Waals surface area contributed by atoms with E-state index in [9.17, 15) is 4.79 Å². The number of hydrogen-bond donors (Lipinski definition) is 1. The van der Waals surface area contributed by atoms with E-state index in [2.05, 4.69) is 15.3 Å². The van der Waals surface area contributed by atoms with Crippen LogP contribution in [0.3, 0.4) is 0 Å². The van der Waals surface area contributed by atoms with Gasteiger partial charge in [0.15, 0.2) is 0 Å². The van der Waals surface area contributed by atoms with Gasteiger partial charge in [0.1, 0.15) is 5.69 Å². The lowest BCUT2D eigenvalue weighted by molar-refractivity contribution is 0.102. The van der Waals surface area contributed by atoms with Crippen molar-refractivity contribution in [1.82, 2.24) is 9.97 Å². The van der Waals surface area contributed by atoms with Gasteiger partial charge in [-0.2, -0.15) is 0 Å². The fraction of sp³-hybridized carbons (Fsp3) is 0.150. The molecule has 0 aliphatic rings. The Kier molecular flexibility index (Phi) is 4.75. The molecule has 0 aliphatic carbocycles. The fourth-order valence-corrected chi connectivity index (χ4v) is 2.54. The van der Waals surface area contributed by atoms with Crippen molar-refractivity contribution in [1.29, 1.82) is 0 Å². The Morgan fingerprint density at radius 2 is 1.80 bits per heavy atom. The average Bonchev–Trinajstić information content (AvgIpc) is 2.64. The maximum absolute atomic E-state index is 12.5. The van der Waals surface area contributed by atoms with Crippen molar-refractivity contribution in [3.05, 3.63) is 77.6 Å². The van der Waals surface area contributed by atoms with Crippen LogP contribution in [0.25, 0.3) is 0 Å². The van der Waals surface area contributed by atoms with Gasteiger partial charge in [0.05, 0.1) is 0 Å². The maximum atomic E-state index is 12.5. The molecule has 3 rings (SSSR count). The van der Waals surface area contributed by atoms with Gasteiger partial charge in [0.2, 0.25) is 5.95 Å². The number of anilines is 3. The molecule has 5 nitrogen and oxygen atoms in total. The predicted octanol–water partition coefficient (Wildman–Crippen LogP) is 4.11. The lowest BCUT2D eigenvalue weighted by atomic mass is 10.1. The van der Waals surface area contributed by atoms with Crippen molar-refractivity contribution in [2.45, 2.75) is 13.8 Å². The number of carbonyl (C=O) groups excluding carboxylic acids is 1. The van der Waals surface area contributed by atoms with Crippen LogP contribution in [0.5, 0.6) is 0 Å². The Morgan fingerprint density at radius 3 is 2.52 bits per heavy atom. The molecule has 0 unspecified atom stereocenters. The Hall–Kier alpha value is -3.21. The SMILES string of the molecule is Cc1ccc(NC(=O)c2ccnc(N(C)c3ccccc3)n2)c(C)c1. The standard InChI is InChI=1S/C20H20N4O/c1-14-9-10-17(15(2)13-14)22-19(25)18-11-12-21-20(23-18)24(3)16-7-5-4-6-8-16/h4-13H,1-3H3,(H,22,25). The van der Waals surface area contributed by atoms with Crippen LogP contribution in [-0.2, 0) is 0 Å². The van der Waals surface area contributed by atoms with Gasteiger partial charge in [-0.1, -0.05) is 35.9 Å². The van der Waals surface area contributed by atoms with Crippen LogP contribution in [0.1, 0.15) is 21.6 Å². The van der Waals surface area contributed by atoms with Gasteiger partial charge < -0.3 is 10.2 Å². The second-order valence-corrected chi connectivity index (χ2v) is 5.91. The normalized spacial score (nSPS) is 10.4. The summed E-state index contributed by atoms with van der Waals surface area (Å²) in [7, 11) is 1.87. The number of rotatable bonds is 4. The number of para-hydroxylation sites is 1. The number of nitrogens with one attached hydrogen (secondary N) is 1. The Bertz CT molecular complexity index is 893. The average molecular weight is 332 g/mol. The topological polar surface area (TPSA) is 58.1 Å². The van der Waals surface area contributed by atoms with Crippen molar-refractivity contribution in [3.8, 4) is 0 Å². The molecule has 0 radical (unpaired) electrons. The molecule has 1 heterocycles. The molecule has 126 valence electrons. The van der Waals surface area contributed by atoms with E-state index in [0.29, 0.717) is 11.6 Å². The molecular formula is C20H20N4O. The highest BCUT2D eigenvalue weighted by Crippen LogP contribution is 2.20. The smallest absolute Gasteiger partial charge is 0.274 e. The van der Waals surface area contributed by atoms with E-state index in [1.165, 1.54) is 0 Å². The Balaban J connectivity index is 1.82. The van der Waals surface area contributed by atoms with Crippen molar-refractivity contribution in [3.63, 3.8) is 0 Å². The summed E-state index contributed by atoms with van der Waals surface area (Å²) in [5.41, 5.74) is 4.24. The zero-order chi connectivity index (χ0) is 17.8. The van der Waals surface area contributed by atoms with Gasteiger partial charge in [0.25, 0.3) is 5.91 Å². The van der Waals surface area contributed by atoms with Gasteiger partial charge in [-0.25, -0.2) is 9.97 Å².